The van der Waals surface area contributed by atoms with E-state index in [2.05, 4.69) is 9.98 Å². The van der Waals surface area contributed by atoms with E-state index in [1.165, 1.54) is 6.07 Å². The first-order valence-corrected chi connectivity index (χ1v) is 9.65. The van der Waals surface area contributed by atoms with Gasteiger partial charge in [-0.25, -0.2) is 0 Å². The molecule has 0 amide bonds. The molecule has 0 radical (unpaired) electrons. The van der Waals surface area contributed by atoms with Gasteiger partial charge in [0, 0.05) is 30.5 Å². The molecule has 5 heteroatoms. The fourth-order valence-electron chi connectivity index (χ4n) is 3.66. The molecule has 0 saturated carbocycles. The summed E-state index contributed by atoms with van der Waals surface area (Å²) in [4.78, 5) is 17.9. The summed E-state index contributed by atoms with van der Waals surface area (Å²) >= 11 is 0. The second-order valence-corrected chi connectivity index (χ2v) is 6.99. The zero-order valence-electron chi connectivity index (χ0n) is 16.5. The van der Waals surface area contributed by atoms with Gasteiger partial charge in [0.2, 0.25) is 5.56 Å². The fourth-order valence-corrected chi connectivity index (χ4v) is 3.66. The highest BCUT2D eigenvalue weighted by Crippen LogP contribution is 2.41. The number of aliphatic imine (C=N–C) groups is 1. The Morgan fingerprint density at radius 1 is 0.900 bits per heavy atom. The van der Waals surface area contributed by atoms with Crippen molar-refractivity contribution in [2.45, 2.75) is 11.7 Å². The van der Waals surface area contributed by atoms with Gasteiger partial charge in [0.1, 0.15) is 11.7 Å². The molecule has 2 unspecified atom stereocenters. The Hall–Kier alpha value is -3.54. The first-order valence-electron chi connectivity index (χ1n) is 9.65. The summed E-state index contributed by atoms with van der Waals surface area (Å²) in [7, 11) is 1.58. The van der Waals surface area contributed by atoms with Gasteiger partial charge >= 0.3 is 0 Å². The summed E-state index contributed by atoms with van der Waals surface area (Å²) in [5.74, 6) is 0. The minimum absolute atomic E-state index is 0.0521. The molecule has 2 heterocycles. The number of rotatable bonds is 2. The van der Waals surface area contributed by atoms with E-state index in [0.717, 1.165) is 27.7 Å². The van der Waals surface area contributed by atoms with Gasteiger partial charge in [-0.1, -0.05) is 66.7 Å². The van der Waals surface area contributed by atoms with Crippen LogP contribution in [0.3, 0.4) is 0 Å². The van der Waals surface area contributed by atoms with Gasteiger partial charge in [0.25, 0.3) is 0 Å². The topological polar surface area (TPSA) is 74.7 Å². The number of nitrogens with zero attached hydrogens (tertiary/aromatic N) is 1. The minimum atomic E-state index is -1.20. The van der Waals surface area contributed by atoms with E-state index in [9.17, 15) is 9.90 Å². The number of nitrogens with one attached hydrogen (secondary N) is 1. The summed E-state index contributed by atoms with van der Waals surface area (Å²) in [5, 5.41) is 12.3. The van der Waals surface area contributed by atoms with Crippen molar-refractivity contribution in [2.24, 2.45) is 4.99 Å². The van der Waals surface area contributed by atoms with Gasteiger partial charge < -0.3 is 14.8 Å². The maximum atomic E-state index is 11.2. The highest BCUT2D eigenvalue weighted by molar-refractivity contribution is 5.78. The first kappa shape index (κ1) is 19.8. The number of aromatic nitrogens is 1. The van der Waals surface area contributed by atoms with Crippen LogP contribution < -0.4 is 5.56 Å². The van der Waals surface area contributed by atoms with Crippen LogP contribution in [0.5, 0.6) is 0 Å². The van der Waals surface area contributed by atoms with Gasteiger partial charge in [-0.15, -0.1) is 0 Å². The zero-order chi connectivity index (χ0) is 21.0. The molecule has 0 saturated heterocycles. The summed E-state index contributed by atoms with van der Waals surface area (Å²) in [6.07, 6.45) is 1.17. The van der Waals surface area contributed by atoms with Crippen LogP contribution in [0.4, 0.5) is 5.69 Å². The second kappa shape index (κ2) is 8.45. The molecular weight excluding hydrogens is 376 g/mol. The van der Waals surface area contributed by atoms with Crippen LogP contribution in [0.15, 0.2) is 101 Å². The lowest BCUT2D eigenvalue weighted by atomic mass is 9.79. The third kappa shape index (κ3) is 3.68. The van der Waals surface area contributed by atoms with E-state index in [4.69, 9.17) is 4.74 Å². The number of pyridine rings is 1. The number of benzene rings is 3. The van der Waals surface area contributed by atoms with Crippen molar-refractivity contribution in [3.8, 4) is 0 Å². The van der Waals surface area contributed by atoms with Gasteiger partial charge in [0.15, 0.2) is 0 Å². The van der Waals surface area contributed by atoms with E-state index >= 15 is 0 Å². The molecule has 3 aromatic carbocycles. The number of aromatic amines is 1. The molecule has 1 aromatic heterocycles. The zero-order valence-corrected chi connectivity index (χ0v) is 16.5. The van der Waals surface area contributed by atoms with Crippen molar-refractivity contribution in [3.63, 3.8) is 0 Å². The maximum Gasteiger partial charge on any atom is 0.248 e. The molecule has 0 bridgehead atoms. The number of H-pyrrole nitrogens is 1. The molecule has 0 aliphatic carbocycles. The minimum Gasteiger partial charge on any atom is -0.377 e. The Bertz CT molecular complexity index is 1230. The number of hydrogen-bond donors (Lipinski definition) is 2. The first-order chi connectivity index (χ1) is 14.6. The molecule has 30 heavy (non-hydrogen) atoms. The molecule has 2 atom stereocenters. The van der Waals surface area contributed by atoms with E-state index in [0.29, 0.717) is 0 Å². The average molecular weight is 398 g/mol. The van der Waals surface area contributed by atoms with Gasteiger partial charge in [-0.05, 0) is 29.1 Å². The lowest BCUT2D eigenvalue weighted by Crippen LogP contribution is -2.44. The van der Waals surface area contributed by atoms with Crippen molar-refractivity contribution in [2.75, 3.05) is 7.11 Å². The molecular formula is C25H22N2O3. The Labute approximate surface area is 174 Å². The monoisotopic (exact) mass is 398 g/mol. The Kier molecular flexibility index (Phi) is 5.57. The predicted octanol–water partition coefficient (Wildman–Crippen LogP) is 4.18. The van der Waals surface area contributed by atoms with E-state index in [1.807, 2.05) is 84.9 Å². The molecule has 5 nitrogen and oxygen atoms in total. The maximum absolute atomic E-state index is 11.2. The van der Waals surface area contributed by atoms with Crippen LogP contribution in [0, 0.1) is 0 Å². The standard InChI is InChI=1S/C16H15NO2.C9H7NO/c1-19-15-11-17-14-10-6-5-9-13(14)16(15,18)12-7-3-2-4-8-12;11-9-6-5-7-3-1-2-4-8(7)10-9/h2-11,15,18H,1H3;1-6H,(H,10,11). The average Bonchev–Trinajstić information content (AvgIpc) is 2.80. The number of para-hydroxylation sites is 2. The Morgan fingerprint density at radius 2 is 1.60 bits per heavy atom. The highest BCUT2D eigenvalue weighted by atomic mass is 16.5. The van der Waals surface area contributed by atoms with Crippen LogP contribution in [-0.2, 0) is 10.3 Å². The van der Waals surface area contributed by atoms with Gasteiger partial charge in [-0.3, -0.25) is 9.79 Å². The molecule has 1 aliphatic rings. The van der Waals surface area contributed by atoms with Gasteiger partial charge in [0.05, 0.1) is 5.69 Å². The number of aliphatic hydroxyl groups is 1. The van der Waals surface area contributed by atoms with Crippen molar-refractivity contribution < 1.29 is 9.84 Å². The molecule has 2 N–H and O–H groups in total. The fraction of sp³-hybridized carbons (Fsp3) is 0.120. The summed E-state index contributed by atoms with van der Waals surface area (Å²) in [6, 6.07) is 28.2. The second-order valence-electron chi connectivity index (χ2n) is 6.99. The smallest absolute Gasteiger partial charge is 0.248 e. The van der Waals surface area contributed by atoms with Crippen LogP contribution in [0.2, 0.25) is 0 Å². The van der Waals surface area contributed by atoms with Crippen LogP contribution in [-0.4, -0.2) is 29.5 Å². The Morgan fingerprint density at radius 3 is 2.40 bits per heavy atom. The number of methoxy groups -OCH3 is 1. The predicted molar refractivity (Wildman–Crippen MR) is 119 cm³/mol. The van der Waals surface area contributed by atoms with Crippen molar-refractivity contribution in [1.29, 1.82) is 0 Å². The summed E-state index contributed by atoms with van der Waals surface area (Å²) in [5.41, 5.74) is 2.00. The van der Waals surface area contributed by atoms with E-state index in [1.54, 1.807) is 13.3 Å². The number of ether oxygens (including phenoxy) is 1. The molecule has 1 aliphatic heterocycles. The van der Waals surface area contributed by atoms with E-state index in [-0.39, 0.29) is 5.56 Å². The quantitative estimate of drug-likeness (QED) is 0.532. The SMILES string of the molecule is COC1C=Nc2ccccc2C1(O)c1ccccc1.O=c1ccc2ccccc2[nH]1. The largest absolute Gasteiger partial charge is 0.377 e. The third-order valence-electron chi connectivity index (χ3n) is 5.18. The molecule has 150 valence electrons. The van der Waals surface area contributed by atoms with Crippen molar-refractivity contribution >= 4 is 22.8 Å². The molecule has 5 rings (SSSR count). The van der Waals surface area contributed by atoms with Crippen molar-refractivity contribution in [1.82, 2.24) is 4.98 Å². The molecule has 4 aromatic rings. The number of fused-ring (bicyclic) bond motifs is 2. The third-order valence-corrected chi connectivity index (χ3v) is 5.18. The van der Waals surface area contributed by atoms with Crippen LogP contribution >= 0.6 is 0 Å². The van der Waals surface area contributed by atoms with Gasteiger partial charge in [-0.2, -0.15) is 0 Å². The summed E-state index contributed by atoms with van der Waals surface area (Å²) < 4.78 is 5.42. The molecule has 0 fully saturated rings. The van der Waals surface area contributed by atoms with Crippen LogP contribution in [0.1, 0.15) is 11.1 Å². The lowest BCUT2D eigenvalue weighted by Gasteiger charge is -2.37. The Balaban J connectivity index is 0.000000168. The summed E-state index contributed by atoms with van der Waals surface area (Å²) in [6.45, 7) is 0. The van der Waals surface area contributed by atoms with E-state index < -0.39 is 11.7 Å². The number of hydrogen-bond acceptors (Lipinski definition) is 4. The van der Waals surface area contributed by atoms with Crippen LogP contribution in [0.25, 0.3) is 10.9 Å². The molecule has 0 spiro atoms. The normalized spacial score (nSPS) is 19.6. The highest BCUT2D eigenvalue weighted by Gasteiger charge is 2.43. The van der Waals surface area contributed by atoms with Crippen molar-refractivity contribution in [3.05, 3.63) is 112 Å². The lowest BCUT2D eigenvalue weighted by molar-refractivity contribution is -0.0347.